The summed E-state index contributed by atoms with van der Waals surface area (Å²) in [5.41, 5.74) is 2.71. The first-order valence-electron chi connectivity index (χ1n) is 7.10. The normalized spacial score (nSPS) is 10.8. The number of pyridine rings is 1. The summed E-state index contributed by atoms with van der Waals surface area (Å²) in [7, 11) is 1.54. The maximum Gasteiger partial charge on any atom is 0.316 e. The van der Waals surface area contributed by atoms with E-state index < -0.39 is 0 Å². The van der Waals surface area contributed by atoms with E-state index in [-0.39, 0.29) is 0 Å². The van der Waals surface area contributed by atoms with Gasteiger partial charge in [0.1, 0.15) is 5.82 Å². The number of aromatic nitrogens is 5. The maximum atomic E-state index is 4.99. The van der Waals surface area contributed by atoms with Crippen LogP contribution in [-0.4, -0.2) is 31.6 Å². The Kier molecular flexibility index (Phi) is 3.20. The smallest absolute Gasteiger partial charge is 0.316 e. The highest BCUT2D eigenvalue weighted by Crippen LogP contribution is 2.22. The van der Waals surface area contributed by atoms with Crippen LogP contribution in [0.3, 0.4) is 0 Å². The largest absolute Gasteiger partial charge is 0.467 e. The van der Waals surface area contributed by atoms with Gasteiger partial charge in [-0.3, -0.25) is 9.55 Å². The SMILES string of the molecule is COc1ncc(-c2nccn2-c2cnc3ccccc3c2)cn1. The number of fused-ring (bicyclic) bond motifs is 1. The summed E-state index contributed by atoms with van der Waals surface area (Å²) in [5.74, 6) is 0.754. The van der Waals surface area contributed by atoms with E-state index >= 15 is 0 Å². The van der Waals surface area contributed by atoms with Crippen molar-refractivity contribution in [3.05, 3.63) is 61.3 Å². The van der Waals surface area contributed by atoms with Gasteiger partial charge in [0, 0.05) is 30.2 Å². The Morgan fingerprint density at radius 2 is 1.78 bits per heavy atom. The third-order valence-corrected chi connectivity index (χ3v) is 3.56. The fourth-order valence-corrected chi connectivity index (χ4v) is 2.45. The van der Waals surface area contributed by atoms with E-state index in [1.54, 1.807) is 18.6 Å². The molecular weight excluding hydrogens is 290 g/mol. The second-order valence-electron chi connectivity index (χ2n) is 4.97. The Morgan fingerprint density at radius 1 is 0.957 bits per heavy atom. The van der Waals surface area contributed by atoms with Crippen LogP contribution in [-0.2, 0) is 0 Å². The molecule has 3 aromatic heterocycles. The van der Waals surface area contributed by atoms with Crippen LogP contribution in [0.1, 0.15) is 0 Å². The van der Waals surface area contributed by atoms with Gasteiger partial charge in [-0.1, -0.05) is 18.2 Å². The molecule has 3 heterocycles. The van der Waals surface area contributed by atoms with Crippen LogP contribution in [0, 0.1) is 0 Å². The molecule has 0 atom stereocenters. The number of para-hydroxylation sites is 1. The lowest BCUT2D eigenvalue weighted by Crippen LogP contribution is -1.99. The topological polar surface area (TPSA) is 65.7 Å². The van der Waals surface area contributed by atoms with Crippen molar-refractivity contribution in [1.82, 2.24) is 24.5 Å². The molecule has 6 heteroatoms. The van der Waals surface area contributed by atoms with Gasteiger partial charge in [-0.15, -0.1) is 0 Å². The third kappa shape index (κ3) is 2.40. The van der Waals surface area contributed by atoms with Gasteiger partial charge in [-0.25, -0.2) is 15.0 Å². The summed E-state index contributed by atoms with van der Waals surface area (Å²) < 4.78 is 6.95. The zero-order valence-corrected chi connectivity index (χ0v) is 12.4. The molecule has 0 aliphatic rings. The number of methoxy groups -OCH3 is 1. The quantitative estimate of drug-likeness (QED) is 0.582. The highest BCUT2D eigenvalue weighted by Gasteiger charge is 2.10. The average molecular weight is 303 g/mol. The van der Waals surface area contributed by atoms with Gasteiger partial charge in [-0.2, -0.15) is 0 Å². The first kappa shape index (κ1) is 13.4. The fraction of sp³-hybridized carbons (Fsp3) is 0.0588. The molecule has 6 nitrogen and oxygen atoms in total. The number of imidazole rings is 1. The van der Waals surface area contributed by atoms with Crippen LogP contribution in [0.15, 0.2) is 61.3 Å². The van der Waals surface area contributed by atoms with E-state index in [2.05, 4.69) is 26.0 Å². The summed E-state index contributed by atoms with van der Waals surface area (Å²) in [6, 6.07) is 10.4. The molecule has 23 heavy (non-hydrogen) atoms. The van der Waals surface area contributed by atoms with E-state index in [4.69, 9.17) is 4.74 Å². The van der Waals surface area contributed by atoms with Crippen molar-refractivity contribution >= 4 is 10.9 Å². The minimum absolute atomic E-state index is 0.333. The Bertz CT molecular complexity index is 962. The zero-order valence-electron chi connectivity index (χ0n) is 12.4. The number of nitrogens with zero attached hydrogens (tertiary/aromatic N) is 5. The molecule has 0 aliphatic heterocycles. The van der Waals surface area contributed by atoms with Crippen LogP contribution in [0.4, 0.5) is 0 Å². The number of benzene rings is 1. The molecule has 0 saturated carbocycles. The number of hydrogen-bond acceptors (Lipinski definition) is 5. The highest BCUT2D eigenvalue weighted by atomic mass is 16.5. The first-order chi connectivity index (χ1) is 11.3. The lowest BCUT2D eigenvalue weighted by molar-refractivity contribution is 0.380. The third-order valence-electron chi connectivity index (χ3n) is 3.56. The Morgan fingerprint density at radius 3 is 2.61 bits per heavy atom. The maximum absolute atomic E-state index is 4.99. The number of ether oxygens (including phenoxy) is 1. The second kappa shape index (κ2) is 5.49. The van der Waals surface area contributed by atoms with Gasteiger partial charge < -0.3 is 4.74 Å². The molecule has 4 rings (SSSR count). The van der Waals surface area contributed by atoms with E-state index in [9.17, 15) is 0 Å². The number of rotatable bonds is 3. The molecule has 4 aromatic rings. The molecule has 0 fully saturated rings. The summed E-state index contributed by atoms with van der Waals surface area (Å²) in [6.45, 7) is 0. The van der Waals surface area contributed by atoms with Crippen molar-refractivity contribution in [3.63, 3.8) is 0 Å². The van der Waals surface area contributed by atoms with Crippen molar-refractivity contribution in [1.29, 1.82) is 0 Å². The molecular formula is C17H13N5O. The van der Waals surface area contributed by atoms with Crippen LogP contribution in [0.25, 0.3) is 28.0 Å². The summed E-state index contributed by atoms with van der Waals surface area (Å²) in [4.78, 5) is 17.2. The van der Waals surface area contributed by atoms with Crippen LogP contribution < -0.4 is 4.74 Å². The predicted molar refractivity (Wildman–Crippen MR) is 86.4 cm³/mol. The molecule has 0 radical (unpaired) electrons. The summed E-state index contributed by atoms with van der Waals surface area (Å²) in [6.07, 6.45) is 8.86. The molecule has 0 unspecified atom stereocenters. The highest BCUT2D eigenvalue weighted by molar-refractivity contribution is 5.80. The molecule has 0 bridgehead atoms. The zero-order chi connectivity index (χ0) is 15.6. The van der Waals surface area contributed by atoms with Crippen LogP contribution in [0.5, 0.6) is 6.01 Å². The Labute approximate surface area is 132 Å². The van der Waals surface area contributed by atoms with Gasteiger partial charge >= 0.3 is 6.01 Å². The molecule has 0 amide bonds. The molecule has 112 valence electrons. The second-order valence-corrected chi connectivity index (χ2v) is 4.97. The lowest BCUT2D eigenvalue weighted by atomic mass is 10.2. The molecule has 0 saturated heterocycles. The predicted octanol–water partition coefficient (Wildman–Crippen LogP) is 2.89. The number of hydrogen-bond donors (Lipinski definition) is 0. The molecule has 0 N–H and O–H groups in total. The lowest BCUT2D eigenvalue weighted by Gasteiger charge is -2.08. The standard InChI is InChI=1S/C17H13N5O/c1-23-17-20-9-13(10-21-17)16-18-6-7-22(16)14-8-12-4-2-3-5-15(12)19-11-14/h2-11H,1H3. The van der Waals surface area contributed by atoms with Gasteiger partial charge in [0.2, 0.25) is 0 Å². The first-order valence-corrected chi connectivity index (χ1v) is 7.10. The van der Waals surface area contributed by atoms with E-state index in [0.717, 1.165) is 28.0 Å². The average Bonchev–Trinajstić information content (AvgIpc) is 3.11. The molecule has 0 aliphatic carbocycles. The van der Waals surface area contributed by atoms with Gasteiger partial charge in [0.05, 0.1) is 30.1 Å². The van der Waals surface area contributed by atoms with Crippen molar-refractivity contribution in [2.75, 3.05) is 7.11 Å². The monoisotopic (exact) mass is 303 g/mol. The van der Waals surface area contributed by atoms with Crippen molar-refractivity contribution in [2.24, 2.45) is 0 Å². The summed E-state index contributed by atoms with van der Waals surface area (Å²) >= 11 is 0. The fourth-order valence-electron chi connectivity index (χ4n) is 2.45. The van der Waals surface area contributed by atoms with E-state index in [1.165, 1.54) is 7.11 Å². The van der Waals surface area contributed by atoms with Crippen molar-refractivity contribution in [2.45, 2.75) is 0 Å². The van der Waals surface area contributed by atoms with Gasteiger partial charge in [0.15, 0.2) is 0 Å². The van der Waals surface area contributed by atoms with Crippen LogP contribution in [0.2, 0.25) is 0 Å². The van der Waals surface area contributed by atoms with Gasteiger partial charge in [-0.05, 0) is 12.1 Å². The molecule has 1 aromatic carbocycles. The van der Waals surface area contributed by atoms with E-state index in [0.29, 0.717) is 6.01 Å². The molecule has 0 spiro atoms. The van der Waals surface area contributed by atoms with Crippen molar-refractivity contribution in [3.8, 4) is 23.1 Å². The Hall–Kier alpha value is -3.28. The van der Waals surface area contributed by atoms with Gasteiger partial charge in [0.25, 0.3) is 0 Å². The Balaban J connectivity index is 1.81. The minimum atomic E-state index is 0.333. The van der Waals surface area contributed by atoms with Crippen LogP contribution >= 0.6 is 0 Å². The minimum Gasteiger partial charge on any atom is -0.467 e. The van der Waals surface area contributed by atoms with E-state index in [1.807, 2.05) is 41.2 Å². The summed E-state index contributed by atoms with van der Waals surface area (Å²) in [5, 5.41) is 1.08. The van der Waals surface area contributed by atoms with Crippen molar-refractivity contribution < 1.29 is 4.74 Å².